The van der Waals surface area contributed by atoms with E-state index >= 15 is 0 Å². The van der Waals surface area contributed by atoms with Crippen LogP contribution in [0.2, 0.25) is 0 Å². The lowest BCUT2D eigenvalue weighted by molar-refractivity contribution is 0.0596. The van der Waals surface area contributed by atoms with Crippen molar-refractivity contribution in [2.45, 2.75) is 0 Å². The fourth-order valence-corrected chi connectivity index (χ4v) is 1.94. The van der Waals surface area contributed by atoms with Crippen LogP contribution in [-0.2, 0) is 4.74 Å². The first-order valence-corrected chi connectivity index (χ1v) is 5.46. The number of aromatic nitrogens is 1. The average molecular weight is 320 g/mol. The van der Waals surface area contributed by atoms with Crippen molar-refractivity contribution >= 4 is 32.7 Å². The molecule has 0 unspecified atom stereocenters. The minimum Gasteiger partial charge on any atom is -0.464 e. The Morgan fingerprint density at radius 2 is 2.00 bits per heavy atom. The van der Waals surface area contributed by atoms with Gasteiger partial charge in [0.1, 0.15) is 0 Å². The molecule has 7 heteroatoms. The monoisotopic (exact) mass is 319 g/mol. The second-order valence-electron chi connectivity index (χ2n) is 3.36. The van der Waals surface area contributed by atoms with Gasteiger partial charge in [-0.05, 0) is 22.0 Å². The molecule has 1 aromatic heterocycles. The van der Waals surface area contributed by atoms with Crippen LogP contribution in [0.5, 0.6) is 0 Å². The van der Waals surface area contributed by atoms with Crippen molar-refractivity contribution in [3.05, 3.63) is 39.9 Å². The molecule has 0 radical (unpaired) electrons. The number of nitrogens with zero attached hydrogens (tertiary/aromatic N) is 1. The summed E-state index contributed by atoms with van der Waals surface area (Å²) in [6.45, 7) is 0. The number of carbonyl (C=O) groups is 1. The van der Waals surface area contributed by atoms with Crippen LogP contribution in [0.4, 0.5) is 13.2 Å². The highest BCUT2D eigenvalue weighted by Crippen LogP contribution is 2.30. The van der Waals surface area contributed by atoms with Gasteiger partial charge in [-0.1, -0.05) is 0 Å². The van der Waals surface area contributed by atoms with E-state index < -0.39 is 34.5 Å². The summed E-state index contributed by atoms with van der Waals surface area (Å²) < 4.78 is 44.7. The zero-order chi connectivity index (χ0) is 13.4. The van der Waals surface area contributed by atoms with Crippen molar-refractivity contribution in [1.82, 2.24) is 4.98 Å². The smallest absolute Gasteiger partial charge is 0.357 e. The van der Waals surface area contributed by atoms with Gasteiger partial charge in [0.25, 0.3) is 0 Å². The average Bonchev–Trinajstić information content (AvgIpc) is 2.36. The zero-order valence-corrected chi connectivity index (χ0v) is 10.5. The quantitative estimate of drug-likeness (QED) is 0.598. The molecule has 18 heavy (non-hydrogen) atoms. The third-order valence-electron chi connectivity index (χ3n) is 2.34. The van der Waals surface area contributed by atoms with Crippen molar-refractivity contribution in [3.8, 4) is 0 Å². The predicted molar refractivity (Wildman–Crippen MR) is 60.7 cm³/mol. The molecule has 1 heterocycles. The van der Waals surface area contributed by atoms with Gasteiger partial charge in [0.15, 0.2) is 23.1 Å². The van der Waals surface area contributed by atoms with E-state index in [0.717, 1.165) is 13.2 Å². The van der Waals surface area contributed by atoms with Crippen LogP contribution in [-0.4, -0.2) is 18.1 Å². The van der Waals surface area contributed by atoms with Crippen molar-refractivity contribution in [1.29, 1.82) is 0 Å². The molecule has 0 saturated carbocycles. The lowest BCUT2D eigenvalue weighted by Gasteiger charge is -2.08. The highest BCUT2D eigenvalue weighted by molar-refractivity contribution is 9.10. The molecule has 0 atom stereocenters. The number of benzene rings is 1. The van der Waals surface area contributed by atoms with Gasteiger partial charge in [-0.3, -0.25) is 0 Å². The lowest BCUT2D eigenvalue weighted by atomic mass is 10.1. The number of ether oxygens (including phenoxy) is 1. The largest absolute Gasteiger partial charge is 0.464 e. The Morgan fingerprint density at radius 3 is 2.61 bits per heavy atom. The maximum atomic E-state index is 13.7. The zero-order valence-electron chi connectivity index (χ0n) is 8.93. The Hall–Kier alpha value is -1.63. The molecule has 1 aromatic carbocycles. The van der Waals surface area contributed by atoms with Crippen molar-refractivity contribution in [3.63, 3.8) is 0 Å². The van der Waals surface area contributed by atoms with Gasteiger partial charge in [0.05, 0.1) is 12.5 Å². The number of fused-ring (bicyclic) bond motifs is 1. The Bertz CT molecular complexity index is 661. The Kier molecular flexibility index (Phi) is 3.25. The number of hydrogen-bond donors (Lipinski definition) is 0. The van der Waals surface area contributed by atoms with Crippen LogP contribution in [0.15, 0.2) is 16.7 Å². The van der Waals surface area contributed by atoms with E-state index in [9.17, 15) is 18.0 Å². The SMILES string of the molecule is COC(=O)c1ncc(Br)c2cc(F)c(F)c(F)c12. The van der Waals surface area contributed by atoms with Crippen LogP contribution >= 0.6 is 15.9 Å². The molecule has 0 fully saturated rings. The van der Waals surface area contributed by atoms with E-state index in [0.29, 0.717) is 0 Å². The summed E-state index contributed by atoms with van der Waals surface area (Å²) in [6, 6.07) is 0.784. The van der Waals surface area contributed by atoms with E-state index in [1.165, 1.54) is 6.20 Å². The van der Waals surface area contributed by atoms with Gasteiger partial charge in [0.2, 0.25) is 0 Å². The minimum atomic E-state index is -1.66. The first-order chi connectivity index (χ1) is 8.47. The fraction of sp³-hybridized carbons (Fsp3) is 0.0909. The highest BCUT2D eigenvalue weighted by Gasteiger charge is 2.22. The molecule has 0 spiro atoms. The number of hydrogen-bond acceptors (Lipinski definition) is 3. The Labute approximate surface area is 108 Å². The molecule has 0 bridgehead atoms. The van der Waals surface area contributed by atoms with Gasteiger partial charge in [0, 0.05) is 16.1 Å². The van der Waals surface area contributed by atoms with Gasteiger partial charge >= 0.3 is 5.97 Å². The molecular formula is C11H5BrF3NO2. The molecular weight excluding hydrogens is 315 g/mol. The second-order valence-corrected chi connectivity index (χ2v) is 4.21. The highest BCUT2D eigenvalue weighted by atomic mass is 79.9. The summed E-state index contributed by atoms with van der Waals surface area (Å²) in [5, 5.41) is -0.420. The summed E-state index contributed by atoms with van der Waals surface area (Å²) in [5.74, 6) is -5.41. The third-order valence-corrected chi connectivity index (χ3v) is 2.97. The fourth-order valence-electron chi connectivity index (χ4n) is 1.52. The van der Waals surface area contributed by atoms with Gasteiger partial charge in [-0.25, -0.2) is 22.9 Å². The van der Waals surface area contributed by atoms with Crippen LogP contribution in [0.3, 0.4) is 0 Å². The Balaban J connectivity index is 2.96. The first kappa shape index (κ1) is 12.8. The van der Waals surface area contributed by atoms with E-state index in [-0.39, 0.29) is 9.86 Å². The topological polar surface area (TPSA) is 39.2 Å². The normalized spacial score (nSPS) is 10.7. The lowest BCUT2D eigenvalue weighted by Crippen LogP contribution is -2.07. The standard InChI is InChI=1S/C11H5BrF3NO2/c1-18-11(17)10-7-4(5(12)3-16-10)2-6(13)8(14)9(7)15/h2-3H,1H3. The van der Waals surface area contributed by atoms with Crippen molar-refractivity contribution < 1.29 is 22.7 Å². The predicted octanol–water partition coefficient (Wildman–Crippen LogP) is 3.20. The van der Waals surface area contributed by atoms with E-state index in [4.69, 9.17) is 0 Å². The number of halogens is 4. The van der Waals surface area contributed by atoms with Crippen LogP contribution in [0, 0.1) is 17.5 Å². The molecule has 3 nitrogen and oxygen atoms in total. The maximum absolute atomic E-state index is 13.7. The molecule has 0 aliphatic heterocycles. The molecule has 2 rings (SSSR count). The molecule has 2 aromatic rings. The maximum Gasteiger partial charge on any atom is 0.357 e. The molecule has 0 aliphatic carbocycles. The Morgan fingerprint density at radius 1 is 1.33 bits per heavy atom. The van der Waals surface area contributed by atoms with E-state index in [1.54, 1.807) is 0 Å². The third kappa shape index (κ3) is 1.84. The van der Waals surface area contributed by atoms with E-state index in [2.05, 4.69) is 25.7 Å². The minimum absolute atomic E-state index is 0.00167. The summed E-state index contributed by atoms with van der Waals surface area (Å²) in [5.41, 5.74) is -0.410. The second kappa shape index (κ2) is 4.56. The van der Waals surface area contributed by atoms with Gasteiger partial charge in [-0.15, -0.1) is 0 Å². The molecule has 94 valence electrons. The molecule has 0 amide bonds. The van der Waals surface area contributed by atoms with E-state index in [1.807, 2.05) is 0 Å². The number of pyridine rings is 1. The number of methoxy groups -OCH3 is 1. The summed E-state index contributed by atoms with van der Waals surface area (Å²) in [4.78, 5) is 15.1. The van der Waals surface area contributed by atoms with Crippen LogP contribution in [0.25, 0.3) is 10.8 Å². The van der Waals surface area contributed by atoms with Crippen molar-refractivity contribution in [2.24, 2.45) is 0 Å². The summed E-state index contributed by atoms with van der Waals surface area (Å²) in [6.07, 6.45) is 1.19. The van der Waals surface area contributed by atoms with Gasteiger partial charge in [-0.2, -0.15) is 0 Å². The number of esters is 1. The molecule has 0 saturated heterocycles. The van der Waals surface area contributed by atoms with Crippen LogP contribution in [0.1, 0.15) is 10.5 Å². The number of rotatable bonds is 1. The number of carbonyl (C=O) groups excluding carboxylic acids is 1. The summed E-state index contributed by atoms with van der Waals surface area (Å²) in [7, 11) is 1.08. The molecule has 0 N–H and O–H groups in total. The molecule has 0 aliphatic rings. The first-order valence-electron chi connectivity index (χ1n) is 4.67. The van der Waals surface area contributed by atoms with Crippen LogP contribution < -0.4 is 0 Å². The van der Waals surface area contributed by atoms with Gasteiger partial charge < -0.3 is 4.74 Å². The summed E-state index contributed by atoms with van der Waals surface area (Å²) >= 11 is 3.02. The van der Waals surface area contributed by atoms with Crippen molar-refractivity contribution in [2.75, 3.05) is 7.11 Å².